The highest BCUT2D eigenvalue weighted by Gasteiger charge is 2.33. The molecule has 0 atom stereocenters. The lowest BCUT2D eigenvalue weighted by Gasteiger charge is -2.34. The second kappa shape index (κ2) is 8.38. The Morgan fingerprint density at radius 3 is 2.57 bits per heavy atom. The van der Waals surface area contributed by atoms with Crippen molar-refractivity contribution in [3.05, 3.63) is 60.3 Å². The molecule has 1 aliphatic rings. The maximum atomic E-state index is 12.1. The average molecular weight is 406 g/mol. The van der Waals surface area contributed by atoms with E-state index in [1.165, 1.54) is 0 Å². The van der Waals surface area contributed by atoms with Gasteiger partial charge in [-0.1, -0.05) is 13.8 Å². The third-order valence-corrected chi connectivity index (χ3v) is 5.67. The van der Waals surface area contributed by atoms with Gasteiger partial charge in [0, 0.05) is 41.6 Å². The number of hydrogen-bond donors (Lipinski definition) is 1. The molecule has 0 bridgehead atoms. The van der Waals surface area contributed by atoms with Crippen LogP contribution in [0.25, 0.3) is 11.1 Å². The number of Topliss-reactive ketones (excluding diaryl/α,β-unsaturated/α-hetero) is 1. The summed E-state index contributed by atoms with van der Waals surface area (Å²) >= 11 is 0. The Labute approximate surface area is 177 Å². The normalized spacial score (nSPS) is 18.5. The summed E-state index contributed by atoms with van der Waals surface area (Å²) in [5.74, 6) is 1.15. The van der Waals surface area contributed by atoms with E-state index in [9.17, 15) is 4.79 Å². The van der Waals surface area contributed by atoms with Gasteiger partial charge in [-0.25, -0.2) is 4.98 Å². The fourth-order valence-electron chi connectivity index (χ4n) is 3.68. The lowest BCUT2D eigenvalue weighted by atomic mass is 9.79. The van der Waals surface area contributed by atoms with Crippen molar-refractivity contribution in [1.29, 1.82) is 0 Å². The summed E-state index contributed by atoms with van der Waals surface area (Å²) in [6.07, 6.45) is 9.56. The second-order valence-electron chi connectivity index (χ2n) is 8.64. The van der Waals surface area contributed by atoms with E-state index in [2.05, 4.69) is 39.8 Å². The smallest absolute Gasteiger partial charge is 0.214 e. The van der Waals surface area contributed by atoms with Gasteiger partial charge >= 0.3 is 0 Å². The average Bonchev–Trinajstić information content (AvgIpc) is 3.21. The number of nitrogens with one attached hydrogen (secondary N) is 1. The molecular formula is C24H29N4O2+. The van der Waals surface area contributed by atoms with Gasteiger partial charge in [-0.3, -0.25) is 9.78 Å². The summed E-state index contributed by atoms with van der Waals surface area (Å²) in [7, 11) is 0. The first-order chi connectivity index (χ1) is 14.4. The summed E-state index contributed by atoms with van der Waals surface area (Å²) in [4.78, 5) is 21.0. The molecule has 3 heterocycles. The molecule has 3 aromatic rings. The Morgan fingerprint density at radius 2 is 1.93 bits per heavy atom. The standard InChI is InChI=1S/C24H28N4O2/c1-15(2)24(29)18-5-6-22(26-12-18)19-9-21(10-19)30-23-11-17(7-8-25-23)20-13-27-28(14-20)16(3)4/h5-8,11-16,19,21H,9-10H2,1-4H3/p+1. The number of nitrogens with zero attached hydrogens (tertiary/aromatic N) is 3. The molecule has 156 valence electrons. The fourth-order valence-corrected chi connectivity index (χ4v) is 3.68. The molecule has 0 radical (unpaired) electrons. The predicted molar refractivity (Wildman–Crippen MR) is 114 cm³/mol. The SMILES string of the molecule is CC(C)C(=O)c1ccc(C2CC(Oc3cc(-c4c[nH][n+](C(C)C)c4)ccn3)C2)nc1. The third kappa shape index (κ3) is 4.27. The summed E-state index contributed by atoms with van der Waals surface area (Å²) in [6, 6.07) is 8.24. The number of ether oxygens (including phenoxy) is 1. The molecule has 6 heteroatoms. The van der Waals surface area contributed by atoms with E-state index < -0.39 is 0 Å². The quantitative estimate of drug-likeness (QED) is 0.464. The molecule has 1 N–H and O–H groups in total. The van der Waals surface area contributed by atoms with Gasteiger partial charge in [0.2, 0.25) is 12.1 Å². The van der Waals surface area contributed by atoms with Gasteiger partial charge in [-0.05, 0) is 50.5 Å². The first kappa shape index (κ1) is 20.3. The van der Waals surface area contributed by atoms with E-state index >= 15 is 0 Å². The summed E-state index contributed by atoms with van der Waals surface area (Å²) in [6.45, 7) is 8.09. The van der Waals surface area contributed by atoms with Crippen molar-refractivity contribution in [3.63, 3.8) is 0 Å². The van der Waals surface area contributed by atoms with E-state index in [0.717, 1.165) is 29.7 Å². The van der Waals surface area contributed by atoms with E-state index in [-0.39, 0.29) is 17.8 Å². The Morgan fingerprint density at radius 1 is 1.13 bits per heavy atom. The van der Waals surface area contributed by atoms with Crippen LogP contribution in [0.15, 0.2) is 49.1 Å². The van der Waals surface area contributed by atoms with E-state index in [1.54, 1.807) is 12.4 Å². The number of carbonyl (C=O) groups is 1. The van der Waals surface area contributed by atoms with E-state index in [4.69, 9.17) is 4.74 Å². The number of rotatable bonds is 7. The maximum absolute atomic E-state index is 12.1. The molecular weight excluding hydrogens is 376 g/mol. The molecule has 3 aromatic heterocycles. The largest absolute Gasteiger partial charge is 0.474 e. The molecule has 30 heavy (non-hydrogen) atoms. The second-order valence-corrected chi connectivity index (χ2v) is 8.64. The number of aromatic amines is 1. The molecule has 0 spiro atoms. The molecule has 1 aliphatic carbocycles. The van der Waals surface area contributed by atoms with Crippen molar-refractivity contribution >= 4 is 5.78 Å². The minimum atomic E-state index is -0.00998. The summed E-state index contributed by atoms with van der Waals surface area (Å²) in [5, 5.41) is 3.25. The molecule has 1 fully saturated rings. The predicted octanol–water partition coefficient (Wildman–Crippen LogP) is 4.50. The van der Waals surface area contributed by atoms with Crippen LogP contribution in [0.5, 0.6) is 5.88 Å². The molecule has 0 saturated heterocycles. The zero-order chi connectivity index (χ0) is 21.3. The van der Waals surface area contributed by atoms with Crippen LogP contribution in [0.4, 0.5) is 0 Å². The third-order valence-electron chi connectivity index (χ3n) is 5.67. The van der Waals surface area contributed by atoms with Crippen molar-refractivity contribution in [2.45, 2.75) is 58.6 Å². The monoisotopic (exact) mass is 405 g/mol. The van der Waals surface area contributed by atoms with Gasteiger partial charge in [0.15, 0.2) is 11.8 Å². The van der Waals surface area contributed by atoms with Gasteiger partial charge in [-0.15, -0.1) is 4.68 Å². The number of ketones is 1. The molecule has 0 aromatic carbocycles. The Kier molecular flexibility index (Phi) is 5.66. The van der Waals surface area contributed by atoms with Gasteiger partial charge in [0.25, 0.3) is 0 Å². The number of aromatic nitrogens is 4. The van der Waals surface area contributed by atoms with Crippen LogP contribution in [0.3, 0.4) is 0 Å². The van der Waals surface area contributed by atoms with Gasteiger partial charge in [0.1, 0.15) is 6.10 Å². The van der Waals surface area contributed by atoms with Crippen LogP contribution in [0, 0.1) is 5.92 Å². The van der Waals surface area contributed by atoms with Crippen molar-refractivity contribution in [2.75, 3.05) is 0 Å². The van der Waals surface area contributed by atoms with E-state index in [0.29, 0.717) is 23.4 Å². The summed E-state index contributed by atoms with van der Waals surface area (Å²) in [5.41, 5.74) is 3.91. The Hall–Kier alpha value is -3.02. The highest BCUT2D eigenvalue weighted by molar-refractivity contribution is 5.97. The molecule has 1 saturated carbocycles. The molecule has 0 unspecified atom stereocenters. The van der Waals surface area contributed by atoms with Crippen molar-refractivity contribution in [3.8, 4) is 17.0 Å². The first-order valence-electron chi connectivity index (χ1n) is 10.6. The fraction of sp³-hybridized carbons (Fsp3) is 0.417. The number of carbonyl (C=O) groups excluding carboxylic acids is 1. The molecule has 6 nitrogen and oxygen atoms in total. The first-order valence-corrected chi connectivity index (χ1v) is 10.6. The Balaban J connectivity index is 1.35. The van der Waals surface area contributed by atoms with Gasteiger partial charge < -0.3 is 4.74 Å². The lowest BCUT2D eigenvalue weighted by molar-refractivity contribution is -0.767. The van der Waals surface area contributed by atoms with Gasteiger partial charge in [-0.2, -0.15) is 5.10 Å². The number of hydrogen-bond acceptors (Lipinski definition) is 4. The topological polar surface area (TPSA) is 71.8 Å². The van der Waals surface area contributed by atoms with Crippen LogP contribution < -0.4 is 9.42 Å². The van der Waals surface area contributed by atoms with Crippen LogP contribution in [-0.4, -0.2) is 27.0 Å². The highest BCUT2D eigenvalue weighted by atomic mass is 16.5. The van der Waals surface area contributed by atoms with Crippen molar-refractivity contribution < 1.29 is 14.2 Å². The highest BCUT2D eigenvalue weighted by Crippen LogP contribution is 2.38. The van der Waals surface area contributed by atoms with Crippen LogP contribution >= 0.6 is 0 Å². The summed E-state index contributed by atoms with van der Waals surface area (Å²) < 4.78 is 8.17. The van der Waals surface area contributed by atoms with Crippen LogP contribution in [-0.2, 0) is 0 Å². The maximum Gasteiger partial charge on any atom is 0.214 e. The minimum Gasteiger partial charge on any atom is -0.474 e. The van der Waals surface area contributed by atoms with E-state index in [1.807, 2.05) is 44.3 Å². The molecule has 0 amide bonds. The molecule has 0 aliphatic heterocycles. The van der Waals surface area contributed by atoms with Gasteiger partial charge in [0.05, 0.1) is 11.8 Å². The zero-order valence-electron chi connectivity index (χ0n) is 18.0. The zero-order valence-corrected chi connectivity index (χ0v) is 18.0. The van der Waals surface area contributed by atoms with Crippen LogP contribution in [0.2, 0.25) is 0 Å². The minimum absolute atomic E-state index is 0.00998. The number of H-pyrrole nitrogens is 1. The lowest BCUT2D eigenvalue weighted by Crippen LogP contribution is -2.36. The van der Waals surface area contributed by atoms with Crippen LogP contribution in [0.1, 0.15) is 68.5 Å². The van der Waals surface area contributed by atoms with Crippen molar-refractivity contribution in [2.24, 2.45) is 5.92 Å². The number of pyridine rings is 2. The van der Waals surface area contributed by atoms with Crippen molar-refractivity contribution in [1.82, 2.24) is 15.1 Å². The Bertz CT molecular complexity index is 1020. The molecule has 4 rings (SSSR count).